The van der Waals surface area contributed by atoms with Crippen LogP contribution in [-0.2, 0) is 0 Å². The number of rotatable bonds is 1. The fourth-order valence-corrected chi connectivity index (χ4v) is 4.30. The summed E-state index contributed by atoms with van der Waals surface area (Å²) < 4.78 is 2.65. The van der Waals surface area contributed by atoms with E-state index in [2.05, 4.69) is 35.7 Å². The Labute approximate surface area is 124 Å². The Morgan fingerprint density at radius 1 is 0.850 bits per heavy atom. The fraction of sp³-hybridized carbons (Fsp3) is 0. The molecule has 4 rings (SSSR count). The minimum atomic E-state index is 0.704. The van der Waals surface area contributed by atoms with Gasteiger partial charge in [0.2, 0.25) is 0 Å². The molecule has 0 saturated heterocycles. The van der Waals surface area contributed by atoms with Crippen molar-refractivity contribution in [2.24, 2.45) is 0 Å². The molecule has 3 heteroatoms. The third-order valence-corrected chi connectivity index (χ3v) is 5.46. The second-order valence-electron chi connectivity index (χ2n) is 4.61. The van der Waals surface area contributed by atoms with E-state index in [9.17, 15) is 0 Å². The first-order valence-electron chi connectivity index (χ1n) is 6.25. The monoisotopic (exact) mass is 291 g/mol. The van der Waals surface area contributed by atoms with E-state index in [4.69, 9.17) is 5.26 Å². The van der Waals surface area contributed by atoms with E-state index in [0.29, 0.717) is 5.56 Å². The van der Waals surface area contributed by atoms with Gasteiger partial charge in [-0.05, 0) is 47.3 Å². The second kappa shape index (κ2) is 4.45. The Morgan fingerprint density at radius 3 is 2.45 bits per heavy atom. The van der Waals surface area contributed by atoms with Crippen molar-refractivity contribution in [2.45, 2.75) is 0 Å². The van der Waals surface area contributed by atoms with Gasteiger partial charge in [0.1, 0.15) is 0 Å². The third-order valence-electron chi connectivity index (χ3n) is 3.43. The van der Waals surface area contributed by atoms with Crippen molar-refractivity contribution in [2.75, 3.05) is 0 Å². The van der Waals surface area contributed by atoms with E-state index in [1.54, 1.807) is 22.7 Å². The third kappa shape index (κ3) is 1.74. The van der Waals surface area contributed by atoms with Crippen molar-refractivity contribution in [3.63, 3.8) is 0 Å². The summed E-state index contributed by atoms with van der Waals surface area (Å²) in [6.07, 6.45) is 0. The summed E-state index contributed by atoms with van der Waals surface area (Å²) in [4.78, 5) is 1.25. The molecule has 0 bridgehead atoms. The van der Waals surface area contributed by atoms with Crippen LogP contribution in [0.1, 0.15) is 5.56 Å². The average molecular weight is 291 g/mol. The maximum absolute atomic E-state index is 8.86. The average Bonchev–Trinajstić information content (AvgIpc) is 3.12. The maximum atomic E-state index is 8.86. The van der Waals surface area contributed by atoms with E-state index in [1.165, 1.54) is 30.6 Å². The first kappa shape index (κ1) is 11.7. The maximum Gasteiger partial charge on any atom is 0.0991 e. The molecule has 4 aromatic rings. The highest BCUT2D eigenvalue weighted by Gasteiger charge is 2.08. The van der Waals surface area contributed by atoms with Crippen molar-refractivity contribution in [1.29, 1.82) is 5.26 Å². The van der Waals surface area contributed by atoms with Gasteiger partial charge in [-0.2, -0.15) is 5.26 Å². The van der Waals surface area contributed by atoms with Crippen molar-refractivity contribution in [1.82, 2.24) is 0 Å². The quantitative estimate of drug-likeness (QED) is 0.444. The van der Waals surface area contributed by atoms with Crippen LogP contribution in [0.4, 0.5) is 0 Å². The van der Waals surface area contributed by atoms with Crippen molar-refractivity contribution >= 4 is 42.8 Å². The molecule has 0 saturated carbocycles. The predicted octanol–water partition coefficient (Wildman–Crippen LogP) is 5.65. The lowest BCUT2D eigenvalue weighted by atomic mass is 10.1. The zero-order valence-electron chi connectivity index (χ0n) is 10.5. The summed E-state index contributed by atoms with van der Waals surface area (Å²) in [6, 6.07) is 18.8. The molecule has 94 valence electrons. The number of fused-ring (bicyclic) bond motifs is 3. The summed E-state index contributed by atoms with van der Waals surface area (Å²) in [5, 5.41) is 13.7. The number of nitrogens with zero attached hydrogens (tertiary/aromatic N) is 1. The van der Waals surface area contributed by atoms with Gasteiger partial charge >= 0.3 is 0 Å². The van der Waals surface area contributed by atoms with Crippen LogP contribution < -0.4 is 0 Å². The molecule has 2 aromatic carbocycles. The lowest BCUT2D eigenvalue weighted by molar-refractivity contribution is 1.49. The van der Waals surface area contributed by atoms with Gasteiger partial charge in [-0.15, -0.1) is 22.7 Å². The van der Waals surface area contributed by atoms with Crippen LogP contribution in [0.15, 0.2) is 53.9 Å². The minimum Gasteiger partial charge on any atom is -0.192 e. The molecule has 2 heterocycles. The van der Waals surface area contributed by atoms with Crippen molar-refractivity contribution < 1.29 is 0 Å². The number of benzene rings is 2. The largest absolute Gasteiger partial charge is 0.192 e. The van der Waals surface area contributed by atoms with Crippen LogP contribution in [0.3, 0.4) is 0 Å². The Hall–Kier alpha value is -2.15. The standard InChI is InChI=1S/C17H9NS2/c18-10-11-1-3-12(4-2-11)17-9-14-13-7-8-19-15(13)5-6-16(14)20-17/h1-9H. The minimum absolute atomic E-state index is 0.704. The summed E-state index contributed by atoms with van der Waals surface area (Å²) >= 11 is 3.58. The SMILES string of the molecule is N#Cc1ccc(-c2cc3c(ccc4sccc43)s2)cc1. The lowest BCUT2D eigenvalue weighted by Crippen LogP contribution is -1.74. The molecule has 0 atom stereocenters. The van der Waals surface area contributed by atoms with E-state index >= 15 is 0 Å². The van der Waals surface area contributed by atoms with Crippen molar-refractivity contribution in [3.8, 4) is 16.5 Å². The van der Waals surface area contributed by atoms with Gasteiger partial charge in [-0.3, -0.25) is 0 Å². The van der Waals surface area contributed by atoms with Gasteiger partial charge in [-0.25, -0.2) is 0 Å². The Bertz CT molecular complexity index is 952. The summed E-state index contributed by atoms with van der Waals surface area (Å²) in [5.74, 6) is 0. The van der Waals surface area contributed by atoms with Gasteiger partial charge in [0, 0.05) is 25.0 Å². The number of nitriles is 1. The van der Waals surface area contributed by atoms with Crippen LogP contribution in [0.25, 0.3) is 30.6 Å². The summed E-state index contributed by atoms with van der Waals surface area (Å²) in [7, 11) is 0. The lowest BCUT2D eigenvalue weighted by Gasteiger charge is -1.95. The Balaban J connectivity index is 1.93. The fourth-order valence-electron chi connectivity index (χ4n) is 2.41. The molecule has 0 spiro atoms. The van der Waals surface area contributed by atoms with Gasteiger partial charge < -0.3 is 0 Å². The van der Waals surface area contributed by atoms with Crippen LogP contribution >= 0.6 is 22.7 Å². The molecule has 0 aliphatic heterocycles. The molecule has 0 aliphatic rings. The molecule has 0 radical (unpaired) electrons. The number of thiophene rings is 2. The zero-order chi connectivity index (χ0) is 13.5. The molecule has 20 heavy (non-hydrogen) atoms. The van der Waals surface area contributed by atoms with E-state index in [0.717, 1.165) is 0 Å². The topological polar surface area (TPSA) is 23.8 Å². The Kier molecular flexibility index (Phi) is 2.59. The molecule has 1 nitrogen and oxygen atoms in total. The molecule has 0 N–H and O–H groups in total. The van der Waals surface area contributed by atoms with Crippen LogP contribution in [-0.4, -0.2) is 0 Å². The number of hydrogen-bond acceptors (Lipinski definition) is 3. The van der Waals surface area contributed by atoms with Crippen molar-refractivity contribution in [3.05, 3.63) is 59.5 Å². The van der Waals surface area contributed by atoms with Crippen LogP contribution in [0.5, 0.6) is 0 Å². The summed E-state index contributed by atoms with van der Waals surface area (Å²) in [5.41, 5.74) is 1.88. The van der Waals surface area contributed by atoms with Crippen LogP contribution in [0.2, 0.25) is 0 Å². The van der Waals surface area contributed by atoms with E-state index in [1.807, 2.05) is 24.3 Å². The molecular weight excluding hydrogens is 282 g/mol. The zero-order valence-corrected chi connectivity index (χ0v) is 12.1. The van der Waals surface area contributed by atoms with Gasteiger partial charge in [0.05, 0.1) is 11.6 Å². The normalized spacial score (nSPS) is 10.9. The molecule has 0 amide bonds. The molecule has 0 unspecified atom stereocenters. The summed E-state index contributed by atoms with van der Waals surface area (Å²) in [6.45, 7) is 0. The van der Waals surface area contributed by atoms with E-state index in [-0.39, 0.29) is 0 Å². The number of hydrogen-bond donors (Lipinski definition) is 0. The van der Waals surface area contributed by atoms with Gasteiger partial charge in [0.25, 0.3) is 0 Å². The first-order chi connectivity index (χ1) is 9.85. The highest BCUT2D eigenvalue weighted by Crippen LogP contribution is 2.38. The van der Waals surface area contributed by atoms with Gasteiger partial charge in [0.15, 0.2) is 0 Å². The van der Waals surface area contributed by atoms with E-state index < -0.39 is 0 Å². The predicted molar refractivity (Wildman–Crippen MR) is 87.4 cm³/mol. The Morgan fingerprint density at radius 2 is 1.65 bits per heavy atom. The molecule has 0 fully saturated rings. The smallest absolute Gasteiger partial charge is 0.0991 e. The molecular formula is C17H9NS2. The first-order valence-corrected chi connectivity index (χ1v) is 7.95. The second-order valence-corrected chi connectivity index (χ2v) is 6.64. The van der Waals surface area contributed by atoms with Gasteiger partial charge in [-0.1, -0.05) is 12.1 Å². The highest BCUT2D eigenvalue weighted by atomic mass is 32.1. The molecule has 2 aromatic heterocycles. The van der Waals surface area contributed by atoms with Crippen LogP contribution in [0, 0.1) is 11.3 Å². The highest BCUT2D eigenvalue weighted by molar-refractivity contribution is 7.23. The molecule has 0 aliphatic carbocycles.